The van der Waals surface area contributed by atoms with Crippen LogP contribution in [0.2, 0.25) is 5.02 Å². The van der Waals surface area contributed by atoms with E-state index in [9.17, 15) is 14.7 Å². The Morgan fingerprint density at radius 2 is 2.00 bits per heavy atom. The molecule has 0 radical (unpaired) electrons. The second-order valence-electron chi connectivity index (χ2n) is 7.08. The molecule has 8 heteroatoms. The predicted molar refractivity (Wildman–Crippen MR) is 97.7 cm³/mol. The Hall–Kier alpha value is -1.99. The highest BCUT2D eigenvalue weighted by molar-refractivity contribution is 6.35. The molecule has 2 rings (SSSR count). The number of methoxy groups -OCH3 is 1. The topological polar surface area (TPSA) is 79.3 Å². The van der Waals surface area contributed by atoms with Gasteiger partial charge in [-0.05, 0) is 32.9 Å². The normalized spacial score (nSPS) is 17.8. The van der Waals surface area contributed by atoms with Crippen LogP contribution in [0.25, 0.3) is 0 Å². The van der Waals surface area contributed by atoms with Crippen molar-refractivity contribution in [3.05, 3.63) is 28.8 Å². The Balaban J connectivity index is 2.13. The number of aliphatic hydroxyl groups is 1. The fraction of sp³-hybridized carbons (Fsp3) is 0.556. The Bertz CT molecular complexity index is 674. The third kappa shape index (κ3) is 4.59. The van der Waals surface area contributed by atoms with E-state index in [0.29, 0.717) is 17.9 Å². The van der Waals surface area contributed by atoms with Gasteiger partial charge in [-0.15, -0.1) is 0 Å². The number of hydrogen-bond donors (Lipinski definition) is 1. The number of halogens is 1. The molecule has 1 aromatic carbocycles. The second-order valence-corrected chi connectivity index (χ2v) is 7.46. The lowest BCUT2D eigenvalue weighted by Gasteiger charge is -2.41. The van der Waals surface area contributed by atoms with Crippen LogP contribution >= 0.6 is 11.6 Å². The van der Waals surface area contributed by atoms with Gasteiger partial charge in [-0.1, -0.05) is 17.7 Å². The van der Waals surface area contributed by atoms with Crippen LogP contribution < -0.4 is 4.74 Å². The highest BCUT2D eigenvalue weighted by Gasteiger charge is 2.35. The fourth-order valence-electron chi connectivity index (χ4n) is 2.76. The molecule has 0 saturated carbocycles. The number of piperazine rings is 1. The van der Waals surface area contributed by atoms with Gasteiger partial charge in [0.1, 0.15) is 11.4 Å². The third-order valence-electron chi connectivity index (χ3n) is 4.02. The van der Waals surface area contributed by atoms with Crippen molar-refractivity contribution in [3.63, 3.8) is 0 Å². The fourth-order valence-corrected chi connectivity index (χ4v) is 3.04. The Morgan fingerprint density at radius 3 is 2.58 bits per heavy atom. The van der Waals surface area contributed by atoms with Crippen LogP contribution in [0.5, 0.6) is 5.75 Å². The summed E-state index contributed by atoms with van der Waals surface area (Å²) in [6.07, 6.45) is -0.497. The van der Waals surface area contributed by atoms with E-state index in [1.54, 1.807) is 43.9 Å². The van der Waals surface area contributed by atoms with E-state index < -0.39 is 17.7 Å². The molecule has 1 heterocycles. The second kappa shape index (κ2) is 8.14. The molecule has 1 atom stereocenters. The summed E-state index contributed by atoms with van der Waals surface area (Å²) < 4.78 is 10.5. The van der Waals surface area contributed by atoms with Crippen molar-refractivity contribution in [1.29, 1.82) is 0 Å². The molecule has 7 nitrogen and oxygen atoms in total. The lowest BCUT2D eigenvalue weighted by atomic mass is 10.1. The summed E-state index contributed by atoms with van der Waals surface area (Å²) in [4.78, 5) is 28.2. The summed E-state index contributed by atoms with van der Waals surface area (Å²) >= 11 is 6.24. The Labute approximate surface area is 158 Å². The molecule has 1 saturated heterocycles. The average molecular weight is 385 g/mol. The molecule has 2 amide bonds. The SMILES string of the molecule is COc1cccc(C(=O)N2CCN(C(=O)OC(C)(C)C)C(CO)C2)c1Cl. The van der Waals surface area contributed by atoms with Gasteiger partial charge >= 0.3 is 6.09 Å². The first-order chi connectivity index (χ1) is 12.2. The minimum atomic E-state index is -0.627. The van der Waals surface area contributed by atoms with E-state index in [2.05, 4.69) is 0 Å². The highest BCUT2D eigenvalue weighted by atomic mass is 35.5. The van der Waals surface area contributed by atoms with Gasteiger partial charge in [0, 0.05) is 19.6 Å². The highest BCUT2D eigenvalue weighted by Crippen LogP contribution is 2.29. The summed E-state index contributed by atoms with van der Waals surface area (Å²) in [5.41, 5.74) is -0.300. The third-order valence-corrected chi connectivity index (χ3v) is 4.41. The van der Waals surface area contributed by atoms with Gasteiger partial charge in [0.25, 0.3) is 5.91 Å². The van der Waals surface area contributed by atoms with Crippen molar-refractivity contribution >= 4 is 23.6 Å². The van der Waals surface area contributed by atoms with Crippen molar-refractivity contribution in [2.45, 2.75) is 32.4 Å². The summed E-state index contributed by atoms with van der Waals surface area (Å²) in [6, 6.07) is 4.46. The molecule has 0 aliphatic carbocycles. The molecule has 0 spiro atoms. The summed E-state index contributed by atoms with van der Waals surface area (Å²) in [5, 5.41) is 9.93. The van der Waals surface area contributed by atoms with E-state index in [4.69, 9.17) is 21.1 Å². The van der Waals surface area contributed by atoms with Gasteiger partial charge in [0.2, 0.25) is 0 Å². The van der Waals surface area contributed by atoms with Crippen LogP contribution in [-0.4, -0.2) is 71.9 Å². The van der Waals surface area contributed by atoms with Crippen molar-refractivity contribution in [1.82, 2.24) is 9.80 Å². The summed E-state index contributed by atoms with van der Waals surface area (Å²) in [7, 11) is 1.48. The number of aliphatic hydroxyl groups excluding tert-OH is 1. The van der Waals surface area contributed by atoms with Crippen molar-refractivity contribution in [3.8, 4) is 5.75 Å². The molecule has 0 aromatic heterocycles. The van der Waals surface area contributed by atoms with E-state index in [-0.39, 0.29) is 30.6 Å². The minimum Gasteiger partial charge on any atom is -0.495 e. The number of nitrogens with zero attached hydrogens (tertiary/aromatic N) is 2. The average Bonchev–Trinajstić information content (AvgIpc) is 2.59. The first-order valence-electron chi connectivity index (χ1n) is 8.40. The van der Waals surface area contributed by atoms with E-state index in [1.807, 2.05) is 0 Å². The van der Waals surface area contributed by atoms with Gasteiger partial charge in [-0.3, -0.25) is 9.69 Å². The Kier molecular flexibility index (Phi) is 6.36. The molecule has 0 bridgehead atoms. The monoisotopic (exact) mass is 384 g/mol. The predicted octanol–water partition coefficient (Wildman–Crippen LogP) is 2.40. The molecule has 1 N–H and O–H groups in total. The van der Waals surface area contributed by atoms with Gasteiger partial charge in [-0.25, -0.2) is 4.79 Å². The number of hydrogen-bond acceptors (Lipinski definition) is 5. The lowest BCUT2D eigenvalue weighted by Crippen LogP contribution is -2.58. The van der Waals surface area contributed by atoms with Gasteiger partial charge in [0.15, 0.2) is 0 Å². The molecule has 144 valence electrons. The maximum absolute atomic E-state index is 12.8. The number of carbonyl (C=O) groups is 2. The van der Waals surface area contributed by atoms with Gasteiger partial charge in [0.05, 0.1) is 30.3 Å². The van der Waals surface area contributed by atoms with Crippen LogP contribution in [0, 0.1) is 0 Å². The zero-order valence-electron chi connectivity index (χ0n) is 15.5. The van der Waals surface area contributed by atoms with Gasteiger partial charge in [-0.2, -0.15) is 0 Å². The quantitative estimate of drug-likeness (QED) is 0.865. The molecular weight excluding hydrogens is 360 g/mol. The molecule has 1 aliphatic heterocycles. The summed E-state index contributed by atoms with van der Waals surface area (Å²) in [6.45, 7) is 5.86. The van der Waals surface area contributed by atoms with Crippen molar-refractivity contribution in [2.75, 3.05) is 33.4 Å². The number of carbonyl (C=O) groups excluding carboxylic acids is 2. The van der Waals surface area contributed by atoms with E-state index in [1.165, 1.54) is 12.0 Å². The van der Waals surface area contributed by atoms with Crippen LogP contribution in [0.4, 0.5) is 4.79 Å². The largest absolute Gasteiger partial charge is 0.495 e. The Morgan fingerprint density at radius 1 is 1.31 bits per heavy atom. The molecule has 1 aromatic rings. The maximum Gasteiger partial charge on any atom is 0.410 e. The van der Waals surface area contributed by atoms with Gasteiger partial charge < -0.3 is 19.5 Å². The zero-order valence-corrected chi connectivity index (χ0v) is 16.2. The first-order valence-corrected chi connectivity index (χ1v) is 8.78. The molecule has 1 aliphatic rings. The van der Waals surface area contributed by atoms with Crippen molar-refractivity contribution in [2.24, 2.45) is 0 Å². The smallest absolute Gasteiger partial charge is 0.410 e. The maximum atomic E-state index is 12.8. The van der Waals surface area contributed by atoms with Crippen molar-refractivity contribution < 1.29 is 24.2 Å². The minimum absolute atomic E-state index is 0.197. The van der Waals surface area contributed by atoms with Crippen LogP contribution in [0.3, 0.4) is 0 Å². The first kappa shape index (κ1) is 20.3. The standard InChI is InChI=1S/C18H25ClN2O5/c1-18(2,3)26-17(24)21-9-8-20(10-12(21)11-22)16(23)13-6-5-7-14(25-4)15(13)19/h5-7,12,22H,8-11H2,1-4H3. The van der Waals surface area contributed by atoms with Crippen LogP contribution in [-0.2, 0) is 4.74 Å². The molecule has 1 fully saturated rings. The molecule has 26 heavy (non-hydrogen) atoms. The van der Waals surface area contributed by atoms with E-state index in [0.717, 1.165) is 0 Å². The lowest BCUT2D eigenvalue weighted by molar-refractivity contribution is -0.00984. The molecule has 1 unspecified atom stereocenters. The zero-order chi connectivity index (χ0) is 19.5. The number of amides is 2. The van der Waals surface area contributed by atoms with Crippen LogP contribution in [0.15, 0.2) is 18.2 Å². The number of rotatable bonds is 3. The summed E-state index contributed by atoms with van der Waals surface area (Å²) in [5.74, 6) is 0.153. The number of benzene rings is 1. The number of ether oxygens (including phenoxy) is 2. The molecular formula is C18H25ClN2O5. The van der Waals surface area contributed by atoms with Crippen LogP contribution in [0.1, 0.15) is 31.1 Å². The van der Waals surface area contributed by atoms with E-state index >= 15 is 0 Å².